The number of nitrogens with zero attached hydrogens (tertiary/aromatic N) is 5. The number of hydrogen-bond donors (Lipinski definition) is 2. The minimum absolute atomic E-state index is 0.299. The standard InChI is InChI=1S/C22H21N7O/c30-22(19-13-18(26-27-19)15-7-2-1-3-8-15)25-20-12-6-11-17(24-20)21-28-23-14-29(21)16-9-4-5-10-16/h1-3,6-8,11-14,16H,4-5,9-10H2,(H,26,27)(H,24,25,30). The molecule has 1 aromatic carbocycles. The fraction of sp³-hybridized carbons (Fsp3) is 0.227. The predicted molar refractivity (Wildman–Crippen MR) is 113 cm³/mol. The van der Waals surface area contributed by atoms with Crippen molar-refractivity contribution < 1.29 is 4.79 Å². The molecule has 3 heterocycles. The largest absolute Gasteiger partial charge is 0.309 e. The Bertz CT molecular complexity index is 1160. The van der Waals surface area contributed by atoms with E-state index >= 15 is 0 Å². The second-order valence-corrected chi connectivity index (χ2v) is 7.40. The van der Waals surface area contributed by atoms with Crippen LogP contribution >= 0.6 is 0 Å². The van der Waals surface area contributed by atoms with Crippen molar-refractivity contribution in [2.24, 2.45) is 0 Å². The summed E-state index contributed by atoms with van der Waals surface area (Å²) in [6.07, 6.45) is 6.48. The Kier molecular flexibility index (Phi) is 4.80. The van der Waals surface area contributed by atoms with Gasteiger partial charge in [0.1, 0.15) is 23.5 Å². The van der Waals surface area contributed by atoms with Crippen LogP contribution in [0.5, 0.6) is 0 Å². The average molecular weight is 399 g/mol. The van der Waals surface area contributed by atoms with Gasteiger partial charge >= 0.3 is 0 Å². The molecule has 0 atom stereocenters. The first kappa shape index (κ1) is 18.2. The average Bonchev–Trinajstić information content (AvgIpc) is 3.56. The lowest BCUT2D eigenvalue weighted by Crippen LogP contribution is -2.14. The quantitative estimate of drug-likeness (QED) is 0.526. The summed E-state index contributed by atoms with van der Waals surface area (Å²) >= 11 is 0. The Labute approximate surface area is 173 Å². The summed E-state index contributed by atoms with van der Waals surface area (Å²) in [5.74, 6) is 0.881. The lowest BCUT2D eigenvalue weighted by molar-refractivity contribution is 0.102. The fourth-order valence-corrected chi connectivity index (χ4v) is 3.88. The lowest BCUT2D eigenvalue weighted by Gasteiger charge is -2.13. The molecule has 0 aliphatic heterocycles. The van der Waals surface area contributed by atoms with E-state index in [1.165, 1.54) is 12.8 Å². The molecule has 1 aliphatic carbocycles. The molecule has 0 unspecified atom stereocenters. The number of benzene rings is 1. The minimum atomic E-state index is -0.299. The van der Waals surface area contributed by atoms with Gasteiger partial charge in [-0.25, -0.2) is 4.98 Å². The molecule has 30 heavy (non-hydrogen) atoms. The Morgan fingerprint density at radius 2 is 1.87 bits per heavy atom. The van der Waals surface area contributed by atoms with Crippen LogP contribution in [-0.4, -0.2) is 35.9 Å². The molecule has 3 aromatic heterocycles. The highest BCUT2D eigenvalue weighted by Crippen LogP contribution is 2.32. The third-order valence-corrected chi connectivity index (χ3v) is 5.40. The first-order valence-electron chi connectivity index (χ1n) is 10.1. The van der Waals surface area contributed by atoms with Crippen LogP contribution in [0, 0.1) is 0 Å². The second-order valence-electron chi connectivity index (χ2n) is 7.40. The van der Waals surface area contributed by atoms with Crippen molar-refractivity contribution in [3.8, 4) is 22.8 Å². The Balaban J connectivity index is 1.35. The van der Waals surface area contributed by atoms with E-state index in [1.54, 1.807) is 18.5 Å². The zero-order chi connectivity index (χ0) is 20.3. The maximum Gasteiger partial charge on any atom is 0.274 e. The number of aromatic amines is 1. The SMILES string of the molecule is O=C(Nc1cccc(-c2nncn2C2CCCC2)n1)c1cc(-c2ccccc2)n[nH]1. The van der Waals surface area contributed by atoms with Crippen LogP contribution in [0.2, 0.25) is 0 Å². The summed E-state index contributed by atoms with van der Waals surface area (Å²) < 4.78 is 2.10. The monoisotopic (exact) mass is 399 g/mol. The maximum absolute atomic E-state index is 12.7. The highest BCUT2D eigenvalue weighted by Gasteiger charge is 2.21. The fourth-order valence-electron chi connectivity index (χ4n) is 3.88. The number of anilines is 1. The molecule has 0 bridgehead atoms. The third-order valence-electron chi connectivity index (χ3n) is 5.40. The number of hydrogen-bond acceptors (Lipinski definition) is 5. The van der Waals surface area contributed by atoms with E-state index in [0.717, 1.165) is 24.2 Å². The molecule has 0 spiro atoms. The van der Waals surface area contributed by atoms with Crippen LogP contribution in [0.25, 0.3) is 22.8 Å². The number of rotatable bonds is 5. The van der Waals surface area contributed by atoms with E-state index in [-0.39, 0.29) is 5.91 Å². The van der Waals surface area contributed by atoms with Crippen LogP contribution in [0.15, 0.2) is 60.9 Å². The van der Waals surface area contributed by atoms with Crippen molar-refractivity contribution in [1.29, 1.82) is 0 Å². The predicted octanol–water partition coefficient (Wildman–Crippen LogP) is 4.10. The summed E-state index contributed by atoms with van der Waals surface area (Å²) in [4.78, 5) is 17.3. The van der Waals surface area contributed by atoms with E-state index in [1.807, 2.05) is 42.5 Å². The normalized spacial score (nSPS) is 14.1. The molecular weight excluding hydrogens is 378 g/mol. The van der Waals surface area contributed by atoms with E-state index in [0.29, 0.717) is 28.9 Å². The number of carbonyl (C=O) groups is 1. The van der Waals surface area contributed by atoms with Gasteiger partial charge in [0.25, 0.3) is 5.91 Å². The van der Waals surface area contributed by atoms with E-state index in [2.05, 4.69) is 35.3 Å². The molecule has 1 saturated carbocycles. The number of nitrogens with one attached hydrogen (secondary N) is 2. The van der Waals surface area contributed by atoms with Gasteiger partial charge in [-0.2, -0.15) is 5.10 Å². The molecule has 0 radical (unpaired) electrons. The molecule has 0 saturated heterocycles. The van der Waals surface area contributed by atoms with Gasteiger partial charge in [-0.15, -0.1) is 10.2 Å². The van der Waals surface area contributed by atoms with Gasteiger partial charge in [-0.3, -0.25) is 9.89 Å². The molecular formula is C22H21N7O. The number of H-pyrrole nitrogens is 1. The van der Waals surface area contributed by atoms with Crippen LogP contribution in [0.4, 0.5) is 5.82 Å². The first-order valence-corrected chi connectivity index (χ1v) is 10.1. The Morgan fingerprint density at radius 1 is 1.03 bits per heavy atom. The van der Waals surface area contributed by atoms with Gasteiger partial charge in [0.05, 0.1) is 5.69 Å². The van der Waals surface area contributed by atoms with Gasteiger partial charge < -0.3 is 9.88 Å². The molecule has 150 valence electrons. The van der Waals surface area contributed by atoms with Crippen molar-refractivity contribution in [3.05, 3.63) is 66.6 Å². The first-order chi connectivity index (χ1) is 14.8. The zero-order valence-corrected chi connectivity index (χ0v) is 16.3. The van der Waals surface area contributed by atoms with E-state index in [4.69, 9.17) is 0 Å². The van der Waals surface area contributed by atoms with Crippen LogP contribution in [-0.2, 0) is 0 Å². The third kappa shape index (κ3) is 3.59. The Hall–Kier alpha value is -3.81. The molecule has 8 nitrogen and oxygen atoms in total. The number of pyridine rings is 1. The second kappa shape index (κ2) is 7.90. The number of carbonyl (C=O) groups excluding carboxylic acids is 1. The molecule has 1 amide bonds. The van der Waals surface area contributed by atoms with E-state index < -0.39 is 0 Å². The van der Waals surface area contributed by atoms with Crippen LogP contribution < -0.4 is 5.32 Å². The molecule has 2 N–H and O–H groups in total. The van der Waals surface area contributed by atoms with Crippen molar-refractivity contribution >= 4 is 11.7 Å². The van der Waals surface area contributed by atoms with Crippen molar-refractivity contribution in [2.45, 2.75) is 31.7 Å². The zero-order valence-electron chi connectivity index (χ0n) is 16.3. The highest BCUT2D eigenvalue weighted by atomic mass is 16.2. The smallest absolute Gasteiger partial charge is 0.274 e. The van der Waals surface area contributed by atoms with Gasteiger partial charge in [-0.1, -0.05) is 49.2 Å². The number of aromatic nitrogens is 6. The number of amides is 1. The molecule has 4 aromatic rings. The van der Waals surface area contributed by atoms with Crippen molar-refractivity contribution in [2.75, 3.05) is 5.32 Å². The summed E-state index contributed by atoms with van der Waals surface area (Å²) in [7, 11) is 0. The van der Waals surface area contributed by atoms with Gasteiger partial charge in [0.15, 0.2) is 5.82 Å². The van der Waals surface area contributed by atoms with Crippen molar-refractivity contribution in [3.63, 3.8) is 0 Å². The van der Waals surface area contributed by atoms with Crippen LogP contribution in [0.3, 0.4) is 0 Å². The van der Waals surface area contributed by atoms with Crippen LogP contribution in [0.1, 0.15) is 42.2 Å². The summed E-state index contributed by atoms with van der Waals surface area (Å²) in [6.45, 7) is 0. The topological polar surface area (TPSA) is 101 Å². The summed E-state index contributed by atoms with van der Waals surface area (Å²) in [5, 5.41) is 18.2. The van der Waals surface area contributed by atoms with E-state index in [9.17, 15) is 4.79 Å². The molecule has 5 rings (SSSR count). The lowest BCUT2D eigenvalue weighted by atomic mass is 10.1. The molecule has 1 aliphatic rings. The Morgan fingerprint density at radius 3 is 2.70 bits per heavy atom. The summed E-state index contributed by atoms with van der Waals surface area (Å²) in [5.41, 5.74) is 2.72. The van der Waals surface area contributed by atoms with Gasteiger partial charge in [-0.05, 0) is 31.0 Å². The maximum atomic E-state index is 12.7. The van der Waals surface area contributed by atoms with Gasteiger partial charge in [0.2, 0.25) is 0 Å². The molecule has 8 heteroatoms. The minimum Gasteiger partial charge on any atom is -0.309 e. The molecule has 1 fully saturated rings. The highest BCUT2D eigenvalue weighted by molar-refractivity contribution is 6.03. The van der Waals surface area contributed by atoms with Gasteiger partial charge in [0, 0.05) is 11.6 Å². The summed E-state index contributed by atoms with van der Waals surface area (Å²) in [6, 6.07) is 17.3. The van der Waals surface area contributed by atoms with Crippen molar-refractivity contribution in [1.82, 2.24) is 29.9 Å².